The quantitative estimate of drug-likeness (QED) is 0.573. The van der Waals surface area contributed by atoms with Crippen LogP contribution >= 0.6 is 0 Å². The van der Waals surface area contributed by atoms with Gasteiger partial charge < -0.3 is 25.0 Å². The van der Waals surface area contributed by atoms with Gasteiger partial charge in [0, 0.05) is 18.3 Å². The van der Waals surface area contributed by atoms with Crippen molar-refractivity contribution in [3.8, 4) is 11.5 Å². The van der Waals surface area contributed by atoms with E-state index in [1.165, 1.54) is 14.2 Å². The van der Waals surface area contributed by atoms with Gasteiger partial charge in [-0.25, -0.2) is 0 Å². The lowest BCUT2D eigenvalue weighted by Crippen LogP contribution is -2.36. The molecule has 7 nitrogen and oxygen atoms in total. The summed E-state index contributed by atoms with van der Waals surface area (Å²) in [5, 5.41) is 5.10. The zero-order valence-corrected chi connectivity index (χ0v) is 13.4. The van der Waals surface area contributed by atoms with Crippen LogP contribution in [0.5, 0.6) is 11.5 Å². The van der Waals surface area contributed by atoms with E-state index in [9.17, 15) is 9.59 Å². The third-order valence-electron chi connectivity index (χ3n) is 2.92. The number of anilines is 1. The Bertz CT molecular complexity index is 518. The number of carbonyl (C=O) groups excluding carboxylic acids is 2. The van der Waals surface area contributed by atoms with Gasteiger partial charge in [-0.2, -0.15) is 0 Å². The van der Waals surface area contributed by atoms with Gasteiger partial charge in [0.25, 0.3) is 0 Å². The van der Waals surface area contributed by atoms with Crippen LogP contribution in [0.15, 0.2) is 18.2 Å². The highest BCUT2D eigenvalue weighted by molar-refractivity contribution is 6.39. The molecular formula is C15H23N3O4. The van der Waals surface area contributed by atoms with Gasteiger partial charge in [-0.3, -0.25) is 9.59 Å². The van der Waals surface area contributed by atoms with E-state index in [-0.39, 0.29) is 0 Å². The van der Waals surface area contributed by atoms with Crippen molar-refractivity contribution < 1.29 is 19.1 Å². The normalized spacial score (nSPS) is 10.2. The maximum absolute atomic E-state index is 11.8. The molecule has 0 fully saturated rings. The van der Waals surface area contributed by atoms with E-state index >= 15 is 0 Å². The van der Waals surface area contributed by atoms with Gasteiger partial charge in [-0.1, -0.05) is 0 Å². The van der Waals surface area contributed by atoms with Crippen LogP contribution in [0.2, 0.25) is 0 Å². The largest absolute Gasteiger partial charge is 0.493 e. The van der Waals surface area contributed by atoms with Gasteiger partial charge in [-0.15, -0.1) is 0 Å². The van der Waals surface area contributed by atoms with Crippen molar-refractivity contribution >= 4 is 17.5 Å². The first-order valence-electron chi connectivity index (χ1n) is 6.94. The lowest BCUT2D eigenvalue weighted by Gasteiger charge is -2.11. The molecular weight excluding hydrogens is 286 g/mol. The zero-order chi connectivity index (χ0) is 16.5. The highest BCUT2D eigenvalue weighted by atomic mass is 16.5. The summed E-state index contributed by atoms with van der Waals surface area (Å²) in [6, 6.07) is 4.89. The topological polar surface area (TPSA) is 79.9 Å². The molecule has 7 heteroatoms. The average Bonchev–Trinajstić information content (AvgIpc) is 2.50. The zero-order valence-electron chi connectivity index (χ0n) is 13.4. The van der Waals surface area contributed by atoms with Gasteiger partial charge in [0.1, 0.15) is 0 Å². The fraction of sp³-hybridized carbons (Fsp3) is 0.467. The van der Waals surface area contributed by atoms with E-state index in [4.69, 9.17) is 9.47 Å². The summed E-state index contributed by atoms with van der Waals surface area (Å²) >= 11 is 0. The molecule has 22 heavy (non-hydrogen) atoms. The third-order valence-corrected chi connectivity index (χ3v) is 2.92. The van der Waals surface area contributed by atoms with Gasteiger partial charge in [0.05, 0.1) is 14.2 Å². The SMILES string of the molecule is COc1ccc(NC(=O)C(=O)NCCCN(C)C)cc1OC. The number of amides is 2. The molecule has 1 aromatic rings. The fourth-order valence-electron chi connectivity index (χ4n) is 1.78. The summed E-state index contributed by atoms with van der Waals surface area (Å²) in [5.74, 6) is -0.342. The van der Waals surface area contributed by atoms with Crippen molar-refractivity contribution in [3.05, 3.63) is 18.2 Å². The van der Waals surface area contributed by atoms with E-state index < -0.39 is 11.8 Å². The molecule has 1 aromatic carbocycles. The molecule has 0 saturated heterocycles. The van der Waals surface area contributed by atoms with Crippen LogP contribution in [0.25, 0.3) is 0 Å². The Morgan fingerprint density at radius 1 is 1.09 bits per heavy atom. The summed E-state index contributed by atoms with van der Waals surface area (Å²) < 4.78 is 10.2. The molecule has 122 valence electrons. The average molecular weight is 309 g/mol. The van der Waals surface area contributed by atoms with Crippen molar-refractivity contribution in [2.75, 3.05) is 46.7 Å². The molecule has 0 aliphatic carbocycles. The maximum atomic E-state index is 11.8. The van der Waals surface area contributed by atoms with Gasteiger partial charge in [0.2, 0.25) is 0 Å². The maximum Gasteiger partial charge on any atom is 0.313 e. The van der Waals surface area contributed by atoms with Crippen LogP contribution in [-0.4, -0.2) is 58.1 Å². The Morgan fingerprint density at radius 2 is 1.77 bits per heavy atom. The summed E-state index contributed by atoms with van der Waals surface area (Å²) in [7, 11) is 6.93. The molecule has 2 N–H and O–H groups in total. The summed E-state index contributed by atoms with van der Waals surface area (Å²) in [5.41, 5.74) is 0.464. The number of nitrogens with one attached hydrogen (secondary N) is 2. The number of hydrogen-bond donors (Lipinski definition) is 2. The van der Waals surface area contributed by atoms with Crippen LogP contribution in [0.4, 0.5) is 5.69 Å². The lowest BCUT2D eigenvalue weighted by atomic mass is 10.2. The lowest BCUT2D eigenvalue weighted by molar-refractivity contribution is -0.136. The minimum Gasteiger partial charge on any atom is -0.493 e. The third kappa shape index (κ3) is 5.61. The minimum absolute atomic E-state index is 0.455. The standard InChI is InChI=1S/C15H23N3O4/c1-18(2)9-5-8-16-14(19)15(20)17-11-6-7-12(21-3)13(10-11)22-4/h6-7,10H,5,8-9H2,1-4H3,(H,16,19)(H,17,20). The van der Waals surface area contributed by atoms with E-state index in [1.807, 2.05) is 19.0 Å². The van der Waals surface area contributed by atoms with Gasteiger partial charge >= 0.3 is 11.8 Å². The number of ether oxygens (including phenoxy) is 2. The van der Waals surface area contributed by atoms with Crippen LogP contribution in [0.3, 0.4) is 0 Å². The summed E-state index contributed by atoms with van der Waals surface area (Å²) in [6.07, 6.45) is 0.780. The van der Waals surface area contributed by atoms with E-state index in [2.05, 4.69) is 10.6 Å². The molecule has 1 rings (SSSR count). The molecule has 0 unspecified atom stereocenters. The highest BCUT2D eigenvalue weighted by Gasteiger charge is 2.14. The van der Waals surface area contributed by atoms with Crippen LogP contribution in [0, 0.1) is 0 Å². The number of rotatable bonds is 7. The van der Waals surface area contributed by atoms with E-state index in [0.717, 1.165) is 13.0 Å². The molecule has 0 aliphatic rings. The Kier molecular flexibility index (Phi) is 7.18. The Labute approximate surface area is 130 Å². The van der Waals surface area contributed by atoms with Crippen molar-refractivity contribution in [1.82, 2.24) is 10.2 Å². The van der Waals surface area contributed by atoms with Crippen molar-refractivity contribution in [2.45, 2.75) is 6.42 Å². The van der Waals surface area contributed by atoms with E-state index in [1.54, 1.807) is 18.2 Å². The number of carbonyl (C=O) groups is 2. The Hall–Kier alpha value is -2.28. The first-order valence-corrected chi connectivity index (χ1v) is 6.94. The molecule has 2 amide bonds. The van der Waals surface area contributed by atoms with Crippen LogP contribution in [-0.2, 0) is 9.59 Å². The second-order valence-corrected chi connectivity index (χ2v) is 4.94. The predicted octanol–water partition coefficient (Wildman–Crippen LogP) is 0.710. The number of methoxy groups -OCH3 is 2. The first-order chi connectivity index (χ1) is 10.5. The number of benzene rings is 1. The van der Waals surface area contributed by atoms with Crippen molar-refractivity contribution in [1.29, 1.82) is 0 Å². The molecule has 0 aromatic heterocycles. The van der Waals surface area contributed by atoms with Gasteiger partial charge in [-0.05, 0) is 39.2 Å². The van der Waals surface area contributed by atoms with Crippen LogP contribution < -0.4 is 20.1 Å². The number of nitrogens with zero attached hydrogens (tertiary/aromatic N) is 1. The minimum atomic E-state index is -0.711. The Morgan fingerprint density at radius 3 is 2.36 bits per heavy atom. The molecule has 0 atom stereocenters. The molecule has 0 saturated carbocycles. The van der Waals surface area contributed by atoms with Gasteiger partial charge in [0.15, 0.2) is 11.5 Å². The fourth-order valence-corrected chi connectivity index (χ4v) is 1.78. The smallest absolute Gasteiger partial charge is 0.313 e. The molecule has 0 spiro atoms. The monoisotopic (exact) mass is 309 g/mol. The summed E-state index contributed by atoms with van der Waals surface area (Å²) in [6.45, 7) is 1.30. The van der Waals surface area contributed by atoms with E-state index in [0.29, 0.717) is 23.7 Å². The second kappa shape index (κ2) is 8.89. The van der Waals surface area contributed by atoms with Crippen molar-refractivity contribution in [2.24, 2.45) is 0 Å². The highest BCUT2D eigenvalue weighted by Crippen LogP contribution is 2.29. The first kappa shape index (κ1) is 17.8. The predicted molar refractivity (Wildman–Crippen MR) is 84.4 cm³/mol. The van der Waals surface area contributed by atoms with Crippen molar-refractivity contribution in [3.63, 3.8) is 0 Å². The molecule has 0 aliphatic heterocycles. The van der Waals surface area contributed by atoms with Crippen LogP contribution in [0.1, 0.15) is 6.42 Å². The molecule has 0 bridgehead atoms. The second-order valence-electron chi connectivity index (χ2n) is 4.94. The molecule has 0 heterocycles. The number of hydrogen-bond acceptors (Lipinski definition) is 5. The molecule has 0 radical (unpaired) electrons. The Balaban J connectivity index is 2.52. The summed E-state index contributed by atoms with van der Waals surface area (Å²) in [4.78, 5) is 25.5.